The smallest absolute Gasteiger partial charge is 0.303 e. The van der Waals surface area contributed by atoms with Gasteiger partial charge in [-0.1, -0.05) is 6.42 Å². The molecular weight excluding hydrogens is 214 g/mol. The normalized spacial score (nSPS) is 8.82. The molecule has 3 N–H and O–H groups in total. The Morgan fingerprint density at radius 3 is 2.45 bits per heavy atom. The van der Waals surface area contributed by atoms with Crippen LogP contribution < -0.4 is 5.90 Å². The number of unbranched alkanes of at least 4 members (excludes halogenated alkanes) is 2. The predicted octanol–water partition coefficient (Wildman–Crippen LogP) is 1.10. The maximum atomic E-state index is 9.98. The average molecular weight is 228 g/mol. The molecule has 0 aromatic carbocycles. The molecule has 68 valence electrons. The summed E-state index contributed by atoms with van der Waals surface area (Å²) in [6.07, 6.45) is 2.65. The van der Waals surface area contributed by atoms with E-state index in [1.807, 2.05) is 0 Å². The van der Waals surface area contributed by atoms with E-state index in [9.17, 15) is 4.79 Å². The van der Waals surface area contributed by atoms with Crippen LogP contribution in [0.2, 0.25) is 0 Å². The van der Waals surface area contributed by atoms with Crippen LogP contribution in [0.15, 0.2) is 0 Å². The first-order chi connectivity index (χ1) is 4.77. The third-order valence-corrected chi connectivity index (χ3v) is 1.15. The first-order valence-corrected chi connectivity index (χ1v) is 3.31. The van der Waals surface area contributed by atoms with Crippen LogP contribution in [0.25, 0.3) is 0 Å². The van der Waals surface area contributed by atoms with Crippen molar-refractivity contribution in [1.29, 1.82) is 0 Å². The Morgan fingerprint density at radius 2 is 2.00 bits per heavy atom. The van der Waals surface area contributed by atoms with Crippen LogP contribution in [0.4, 0.5) is 0 Å². The van der Waals surface area contributed by atoms with Crippen LogP contribution in [0.1, 0.15) is 25.7 Å². The zero-order valence-corrected chi connectivity index (χ0v) is 8.00. The minimum absolute atomic E-state index is 0. The van der Waals surface area contributed by atoms with Crippen molar-refractivity contribution in [3.63, 3.8) is 0 Å². The van der Waals surface area contributed by atoms with Gasteiger partial charge >= 0.3 is 5.97 Å². The summed E-state index contributed by atoms with van der Waals surface area (Å²) in [5.41, 5.74) is 0. The van der Waals surface area contributed by atoms with Gasteiger partial charge in [-0.05, 0) is 12.8 Å². The molecule has 0 aromatic heterocycles. The Kier molecular flexibility index (Phi) is 12.1. The van der Waals surface area contributed by atoms with E-state index in [0.717, 1.165) is 12.8 Å². The summed E-state index contributed by atoms with van der Waals surface area (Å²) < 4.78 is 0. The topological polar surface area (TPSA) is 72.5 Å². The molecule has 0 aromatic rings. The van der Waals surface area contributed by atoms with Gasteiger partial charge in [0.15, 0.2) is 0 Å². The molecule has 11 heavy (non-hydrogen) atoms. The van der Waals surface area contributed by atoms with Crippen molar-refractivity contribution in [1.82, 2.24) is 0 Å². The quantitative estimate of drug-likeness (QED) is 0.527. The zero-order valence-electron chi connectivity index (χ0n) is 6.28. The average Bonchev–Trinajstić information content (AvgIpc) is 1.87. The summed E-state index contributed by atoms with van der Waals surface area (Å²) in [5, 5.41) is 8.21. The lowest BCUT2D eigenvalue weighted by atomic mass is 10.2. The summed E-state index contributed by atoms with van der Waals surface area (Å²) in [6, 6.07) is 0. The molecule has 0 fully saturated rings. The van der Waals surface area contributed by atoms with Crippen LogP contribution >= 0.6 is 17.0 Å². The lowest BCUT2D eigenvalue weighted by Crippen LogP contribution is -2.01. The maximum absolute atomic E-state index is 9.98. The van der Waals surface area contributed by atoms with Gasteiger partial charge in [0.25, 0.3) is 0 Å². The van der Waals surface area contributed by atoms with Gasteiger partial charge in [-0.15, -0.1) is 17.0 Å². The SMILES string of the molecule is Br.NOCCCCCC(=O)O. The van der Waals surface area contributed by atoms with E-state index >= 15 is 0 Å². The molecule has 0 amide bonds. The number of hydrogen-bond donors (Lipinski definition) is 2. The highest BCUT2D eigenvalue weighted by Crippen LogP contribution is 1.98. The van der Waals surface area contributed by atoms with Crippen molar-refractivity contribution < 1.29 is 14.7 Å². The number of nitrogens with two attached hydrogens (primary N) is 1. The van der Waals surface area contributed by atoms with E-state index in [1.54, 1.807) is 0 Å². The molecule has 4 nitrogen and oxygen atoms in total. The first kappa shape index (κ1) is 13.5. The van der Waals surface area contributed by atoms with Crippen molar-refractivity contribution in [2.45, 2.75) is 25.7 Å². The number of hydrogen-bond acceptors (Lipinski definition) is 3. The minimum Gasteiger partial charge on any atom is -0.481 e. The second-order valence-electron chi connectivity index (χ2n) is 2.08. The van der Waals surface area contributed by atoms with Gasteiger partial charge in [-0.25, -0.2) is 5.90 Å². The van der Waals surface area contributed by atoms with Crippen molar-refractivity contribution in [3.8, 4) is 0 Å². The van der Waals surface area contributed by atoms with E-state index in [1.165, 1.54) is 0 Å². The molecule has 0 rings (SSSR count). The summed E-state index contributed by atoms with van der Waals surface area (Å²) >= 11 is 0. The molecule has 0 aliphatic carbocycles. The van der Waals surface area contributed by atoms with E-state index in [2.05, 4.69) is 4.84 Å². The van der Waals surface area contributed by atoms with Crippen LogP contribution in [0.3, 0.4) is 0 Å². The minimum atomic E-state index is -0.742. The molecular formula is C6H14BrNO3. The van der Waals surface area contributed by atoms with Crippen molar-refractivity contribution >= 4 is 23.0 Å². The fraction of sp³-hybridized carbons (Fsp3) is 0.833. The summed E-state index contributed by atoms with van der Waals surface area (Å²) in [7, 11) is 0. The Labute approximate surface area is 76.4 Å². The van der Waals surface area contributed by atoms with Crippen molar-refractivity contribution in [3.05, 3.63) is 0 Å². The summed E-state index contributed by atoms with van der Waals surface area (Å²) in [6.45, 7) is 0.514. The standard InChI is InChI=1S/C6H13NO3.BrH/c7-10-5-3-1-2-4-6(8)9;/h1-5,7H2,(H,8,9);1H. The van der Waals surface area contributed by atoms with Gasteiger partial charge in [0.1, 0.15) is 0 Å². The molecule has 0 bridgehead atoms. The maximum Gasteiger partial charge on any atom is 0.303 e. The van der Waals surface area contributed by atoms with Crippen LogP contribution in [0, 0.1) is 0 Å². The zero-order chi connectivity index (χ0) is 7.82. The Bertz CT molecular complexity index is 99.8. The third kappa shape index (κ3) is 13.0. The molecule has 0 heterocycles. The fourth-order valence-corrected chi connectivity index (χ4v) is 0.638. The number of halogens is 1. The summed E-state index contributed by atoms with van der Waals surface area (Å²) in [5.74, 6) is 4.01. The van der Waals surface area contributed by atoms with Crippen molar-refractivity contribution in [2.24, 2.45) is 5.90 Å². The molecule has 0 saturated heterocycles. The predicted molar refractivity (Wildman–Crippen MR) is 46.6 cm³/mol. The summed E-state index contributed by atoms with van der Waals surface area (Å²) in [4.78, 5) is 14.3. The number of aliphatic carboxylic acids is 1. The first-order valence-electron chi connectivity index (χ1n) is 3.31. The second-order valence-corrected chi connectivity index (χ2v) is 2.08. The van der Waals surface area contributed by atoms with Crippen LogP contribution in [0.5, 0.6) is 0 Å². The highest BCUT2D eigenvalue weighted by molar-refractivity contribution is 8.93. The van der Waals surface area contributed by atoms with Crippen LogP contribution in [-0.2, 0) is 9.63 Å². The van der Waals surface area contributed by atoms with Gasteiger partial charge in [0.2, 0.25) is 0 Å². The molecule has 5 heteroatoms. The van der Waals surface area contributed by atoms with E-state index in [4.69, 9.17) is 11.0 Å². The fourth-order valence-electron chi connectivity index (χ4n) is 0.638. The Morgan fingerprint density at radius 1 is 1.36 bits per heavy atom. The number of rotatable bonds is 6. The Balaban J connectivity index is 0. The molecule has 0 radical (unpaired) electrons. The molecule has 0 aliphatic rings. The Hall–Kier alpha value is -0.130. The van der Waals surface area contributed by atoms with Crippen LogP contribution in [-0.4, -0.2) is 17.7 Å². The van der Waals surface area contributed by atoms with Gasteiger partial charge in [-0.2, -0.15) is 0 Å². The second kappa shape index (κ2) is 9.87. The highest BCUT2D eigenvalue weighted by Gasteiger charge is 1.95. The number of carboxylic acid groups (broad SMARTS) is 1. The lowest BCUT2D eigenvalue weighted by molar-refractivity contribution is -0.137. The third-order valence-electron chi connectivity index (χ3n) is 1.15. The van der Waals surface area contributed by atoms with Crippen molar-refractivity contribution in [2.75, 3.05) is 6.61 Å². The molecule has 0 spiro atoms. The van der Waals surface area contributed by atoms with Gasteiger partial charge < -0.3 is 9.94 Å². The number of carbonyl (C=O) groups is 1. The van der Waals surface area contributed by atoms with E-state index in [-0.39, 0.29) is 23.4 Å². The number of carboxylic acids is 1. The van der Waals surface area contributed by atoms with E-state index in [0.29, 0.717) is 13.0 Å². The molecule has 0 unspecified atom stereocenters. The van der Waals surface area contributed by atoms with Gasteiger partial charge in [0.05, 0.1) is 6.61 Å². The van der Waals surface area contributed by atoms with E-state index < -0.39 is 5.97 Å². The molecule has 0 atom stereocenters. The van der Waals surface area contributed by atoms with Gasteiger partial charge in [-0.3, -0.25) is 4.79 Å². The lowest BCUT2D eigenvalue weighted by Gasteiger charge is -1.95. The molecule has 0 saturated carbocycles. The van der Waals surface area contributed by atoms with Gasteiger partial charge in [0, 0.05) is 6.42 Å². The highest BCUT2D eigenvalue weighted by atomic mass is 79.9. The molecule has 0 aliphatic heterocycles. The largest absolute Gasteiger partial charge is 0.481 e. The monoisotopic (exact) mass is 227 g/mol.